The number of rotatable bonds is 3. The van der Waals surface area contributed by atoms with Crippen LogP contribution in [0.1, 0.15) is 22.3 Å². The van der Waals surface area contributed by atoms with Gasteiger partial charge in [-0.3, -0.25) is 0 Å². The predicted octanol–water partition coefficient (Wildman–Crippen LogP) is 2.87. The molecule has 0 spiro atoms. The summed E-state index contributed by atoms with van der Waals surface area (Å²) >= 11 is 0. The number of benzene rings is 2. The highest BCUT2D eigenvalue weighted by molar-refractivity contribution is 6.00. The minimum atomic E-state index is -0.380. The number of hydrogen-bond donors (Lipinski definition) is 1. The molecule has 2 heterocycles. The van der Waals surface area contributed by atoms with Gasteiger partial charge in [-0.2, -0.15) is 0 Å². The molecule has 2 aliphatic rings. The van der Waals surface area contributed by atoms with E-state index in [1.807, 2.05) is 12.1 Å². The van der Waals surface area contributed by atoms with Crippen LogP contribution in [0.3, 0.4) is 0 Å². The molecule has 0 aromatic heterocycles. The molecule has 0 radical (unpaired) electrons. The van der Waals surface area contributed by atoms with E-state index in [9.17, 15) is 4.79 Å². The van der Waals surface area contributed by atoms with Gasteiger partial charge in [-0.05, 0) is 42.6 Å². The zero-order valence-corrected chi connectivity index (χ0v) is 15.2. The molecular formula is C21H24N2O3. The van der Waals surface area contributed by atoms with E-state index in [0.29, 0.717) is 17.4 Å². The summed E-state index contributed by atoms with van der Waals surface area (Å²) in [5, 5.41) is 3.48. The second-order valence-electron chi connectivity index (χ2n) is 6.81. The Balaban J connectivity index is 1.79. The van der Waals surface area contributed by atoms with Crippen LogP contribution in [0, 0.1) is 0 Å². The standard InChI is InChI=1S/C21H24N2O3/c1-25-19-5-3-4-17(20(19)21(24)26-2)14-6-7-15-12-16-8-9-22-10-11-23(16)18(15)13-14/h3-7,13,16,22H,8-12H2,1-2H3. The van der Waals surface area contributed by atoms with E-state index in [0.717, 1.165) is 43.6 Å². The minimum Gasteiger partial charge on any atom is -0.496 e. The summed E-state index contributed by atoms with van der Waals surface area (Å²) in [6, 6.07) is 12.7. The van der Waals surface area contributed by atoms with Gasteiger partial charge < -0.3 is 19.7 Å². The molecule has 0 saturated carbocycles. The van der Waals surface area contributed by atoms with Crippen molar-refractivity contribution in [1.82, 2.24) is 5.32 Å². The molecule has 0 aliphatic carbocycles. The summed E-state index contributed by atoms with van der Waals surface area (Å²) in [6.07, 6.45) is 2.26. The molecule has 136 valence electrons. The maximum atomic E-state index is 12.4. The van der Waals surface area contributed by atoms with Crippen molar-refractivity contribution in [3.8, 4) is 16.9 Å². The number of nitrogens with one attached hydrogen (secondary N) is 1. The van der Waals surface area contributed by atoms with Gasteiger partial charge in [0.2, 0.25) is 0 Å². The van der Waals surface area contributed by atoms with E-state index in [2.05, 4.69) is 28.4 Å². The van der Waals surface area contributed by atoms with E-state index in [4.69, 9.17) is 9.47 Å². The van der Waals surface area contributed by atoms with Crippen molar-refractivity contribution in [1.29, 1.82) is 0 Å². The highest BCUT2D eigenvalue weighted by atomic mass is 16.5. The Morgan fingerprint density at radius 1 is 1.19 bits per heavy atom. The van der Waals surface area contributed by atoms with Gasteiger partial charge in [-0.25, -0.2) is 4.79 Å². The number of nitrogens with zero attached hydrogens (tertiary/aromatic N) is 1. The van der Waals surface area contributed by atoms with Crippen LogP contribution in [0.5, 0.6) is 5.75 Å². The molecule has 2 aliphatic heterocycles. The van der Waals surface area contributed by atoms with Gasteiger partial charge in [0.1, 0.15) is 11.3 Å². The van der Waals surface area contributed by atoms with E-state index < -0.39 is 0 Å². The minimum absolute atomic E-state index is 0.380. The lowest BCUT2D eigenvalue weighted by Gasteiger charge is -2.25. The Morgan fingerprint density at radius 2 is 2.08 bits per heavy atom. The molecule has 4 rings (SSSR count). The Bertz CT molecular complexity index is 834. The molecule has 1 saturated heterocycles. The van der Waals surface area contributed by atoms with Crippen molar-refractivity contribution < 1.29 is 14.3 Å². The first-order chi connectivity index (χ1) is 12.7. The summed E-state index contributed by atoms with van der Waals surface area (Å²) in [6.45, 7) is 3.10. The Kier molecular flexibility index (Phi) is 4.55. The quantitative estimate of drug-likeness (QED) is 0.861. The number of anilines is 1. The number of carbonyl (C=O) groups is 1. The predicted molar refractivity (Wildman–Crippen MR) is 102 cm³/mol. The van der Waals surface area contributed by atoms with E-state index in [1.165, 1.54) is 18.4 Å². The van der Waals surface area contributed by atoms with Gasteiger partial charge in [0.25, 0.3) is 0 Å². The van der Waals surface area contributed by atoms with Crippen LogP contribution in [0.4, 0.5) is 5.69 Å². The van der Waals surface area contributed by atoms with Crippen LogP contribution < -0.4 is 15.0 Å². The third kappa shape index (κ3) is 2.82. The van der Waals surface area contributed by atoms with Gasteiger partial charge in [0.15, 0.2) is 0 Å². The summed E-state index contributed by atoms with van der Waals surface area (Å²) in [7, 11) is 2.97. The molecule has 26 heavy (non-hydrogen) atoms. The first-order valence-electron chi connectivity index (χ1n) is 9.09. The average molecular weight is 352 g/mol. The van der Waals surface area contributed by atoms with Crippen molar-refractivity contribution in [3.05, 3.63) is 47.5 Å². The third-order valence-corrected chi connectivity index (χ3v) is 5.42. The first-order valence-corrected chi connectivity index (χ1v) is 9.09. The molecule has 2 aromatic rings. The first kappa shape index (κ1) is 16.9. The van der Waals surface area contributed by atoms with Crippen LogP contribution >= 0.6 is 0 Å². The maximum absolute atomic E-state index is 12.4. The normalized spacial score (nSPS) is 18.7. The van der Waals surface area contributed by atoms with Gasteiger partial charge in [0.05, 0.1) is 14.2 Å². The van der Waals surface area contributed by atoms with Gasteiger partial charge >= 0.3 is 5.97 Å². The van der Waals surface area contributed by atoms with Crippen molar-refractivity contribution in [3.63, 3.8) is 0 Å². The lowest BCUT2D eigenvalue weighted by molar-refractivity contribution is 0.0598. The number of esters is 1. The molecule has 5 heteroatoms. The monoisotopic (exact) mass is 352 g/mol. The van der Waals surface area contributed by atoms with Crippen LogP contribution in [0.25, 0.3) is 11.1 Å². The zero-order valence-electron chi connectivity index (χ0n) is 15.2. The molecule has 1 fully saturated rings. The molecule has 0 bridgehead atoms. The molecule has 1 unspecified atom stereocenters. The number of methoxy groups -OCH3 is 2. The van der Waals surface area contributed by atoms with Crippen molar-refractivity contribution >= 4 is 11.7 Å². The van der Waals surface area contributed by atoms with Crippen LogP contribution in [0.15, 0.2) is 36.4 Å². The zero-order chi connectivity index (χ0) is 18.1. The number of hydrogen-bond acceptors (Lipinski definition) is 5. The van der Waals surface area contributed by atoms with Gasteiger partial charge in [-0.1, -0.05) is 24.3 Å². The molecule has 1 atom stereocenters. The highest BCUT2D eigenvalue weighted by Crippen LogP contribution is 2.39. The van der Waals surface area contributed by atoms with Gasteiger partial charge in [-0.15, -0.1) is 0 Å². The van der Waals surface area contributed by atoms with Crippen LogP contribution in [-0.2, 0) is 11.2 Å². The van der Waals surface area contributed by atoms with Crippen molar-refractivity contribution in [2.75, 3.05) is 38.8 Å². The third-order valence-electron chi connectivity index (χ3n) is 5.42. The smallest absolute Gasteiger partial charge is 0.342 e. The largest absolute Gasteiger partial charge is 0.496 e. The van der Waals surface area contributed by atoms with Gasteiger partial charge in [0, 0.05) is 30.4 Å². The summed E-state index contributed by atoms with van der Waals surface area (Å²) < 4.78 is 10.4. The van der Waals surface area contributed by atoms with E-state index >= 15 is 0 Å². The second kappa shape index (κ2) is 7.00. The lowest BCUT2D eigenvalue weighted by Crippen LogP contribution is -2.32. The van der Waals surface area contributed by atoms with E-state index in [-0.39, 0.29) is 5.97 Å². The fraction of sp³-hybridized carbons (Fsp3) is 0.381. The lowest BCUT2D eigenvalue weighted by atomic mass is 9.96. The van der Waals surface area contributed by atoms with E-state index in [1.54, 1.807) is 13.2 Å². The fourth-order valence-corrected chi connectivity index (χ4v) is 4.14. The topological polar surface area (TPSA) is 50.8 Å². The summed E-state index contributed by atoms with van der Waals surface area (Å²) in [5.41, 5.74) is 5.01. The fourth-order valence-electron chi connectivity index (χ4n) is 4.14. The Labute approximate surface area is 153 Å². The number of carbonyl (C=O) groups excluding carboxylic acids is 1. The molecular weight excluding hydrogens is 328 g/mol. The highest BCUT2D eigenvalue weighted by Gasteiger charge is 2.30. The molecule has 0 amide bonds. The molecule has 5 nitrogen and oxygen atoms in total. The maximum Gasteiger partial charge on any atom is 0.342 e. The summed E-state index contributed by atoms with van der Waals surface area (Å²) in [4.78, 5) is 14.9. The SMILES string of the molecule is COC(=O)c1c(OC)cccc1-c1ccc2c(c1)N1CCNCCC1C2. The number of fused-ring (bicyclic) bond motifs is 3. The average Bonchev–Trinajstić information content (AvgIpc) is 2.86. The second-order valence-corrected chi connectivity index (χ2v) is 6.81. The Morgan fingerprint density at radius 3 is 2.88 bits per heavy atom. The van der Waals surface area contributed by atoms with Crippen molar-refractivity contribution in [2.24, 2.45) is 0 Å². The summed E-state index contributed by atoms with van der Waals surface area (Å²) in [5.74, 6) is 0.154. The van der Waals surface area contributed by atoms with Crippen molar-refractivity contribution in [2.45, 2.75) is 18.9 Å². The molecule has 1 N–H and O–H groups in total. The van der Waals surface area contributed by atoms with Crippen LogP contribution in [-0.4, -0.2) is 45.9 Å². The number of ether oxygens (including phenoxy) is 2. The Hall–Kier alpha value is -2.53. The molecule has 2 aromatic carbocycles. The van der Waals surface area contributed by atoms with Crippen LogP contribution in [0.2, 0.25) is 0 Å².